The summed E-state index contributed by atoms with van der Waals surface area (Å²) in [5, 5.41) is 2.79. The molecule has 0 radical (unpaired) electrons. The topological polar surface area (TPSA) is 75.2 Å². The number of likely N-dealkylation sites (tertiary alicyclic amines) is 1. The maximum atomic E-state index is 12.3. The highest BCUT2D eigenvalue weighted by Crippen LogP contribution is 2.20. The first-order chi connectivity index (χ1) is 9.79. The van der Waals surface area contributed by atoms with Crippen LogP contribution in [0.3, 0.4) is 0 Å². The number of rotatable bonds is 2. The number of aromatic nitrogens is 2. The van der Waals surface area contributed by atoms with E-state index < -0.39 is 0 Å². The highest BCUT2D eigenvalue weighted by molar-refractivity contribution is 5.97. The molecule has 1 aromatic rings. The van der Waals surface area contributed by atoms with Crippen LogP contribution in [0.4, 0.5) is 5.69 Å². The molecule has 0 spiro atoms. The fraction of sp³-hybridized carbons (Fsp3) is 0.600. The third-order valence-corrected chi connectivity index (χ3v) is 3.55. The predicted octanol–water partition coefficient (Wildman–Crippen LogP) is 1.72. The van der Waals surface area contributed by atoms with E-state index >= 15 is 0 Å². The van der Waals surface area contributed by atoms with Crippen LogP contribution in [0.25, 0.3) is 0 Å². The zero-order valence-corrected chi connectivity index (χ0v) is 13.0. The Morgan fingerprint density at radius 1 is 1.29 bits per heavy atom. The molecule has 2 heterocycles. The first-order valence-electron chi connectivity index (χ1n) is 7.19. The molecule has 1 N–H and O–H groups in total. The van der Waals surface area contributed by atoms with E-state index in [9.17, 15) is 9.59 Å². The fourth-order valence-corrected chi connectivity index (χ4v) is 2.42. The van der Waals surface area contributed by atoms with Crippen LogP contribution in [0.5, 0.6) is 0 Å². The largest absolute Gasteiger partial charge is 0.331 e. The summed E-state index contributed by atoms with van der Waals surface area (Å²) in [4.78, 5) is 33.9. The van der Waals surface area contributed by atoms with E-state index in [-0.39, 0.29) is 23.3 Å². The normalized spacial score (nSPS) is 18.7. The van der Waals surface area contributed by atoms with Crippen molar-refractivity contribution >= 4 is 17.5 Å². The first-order valence-corrected chi connectivity index (χ1v) is 7.19. The van der Waals surface area contributed by atoms with Gasteiger partial charge in [-0.3, -0.25) is 9.59 Å². The van der Waals surface area contributed by atoms with Crippen molar-refractivity contribution in [3.8, 4) is 0 Å². The molecule has 0 unspecified atom stereocenters. The average Bonchev–Trinajstić information content (AvgIpc) is 2.87. The molecule has 1 aliphatic rings. The second kappa shape index (κ2) is 5.79. The summed E-state index contributed by atoms with van der Waals surface area (Å²) in [6.07, 6.45) is 4.78. The molecular formula is C15H22N4O2. The molecular weight excluding hydrogens is 268 g/mol. The van der Waals surface area contributed by atoms with Crippen LogP contribution >= 0.6 is 0 Å². The second-order valence-electron chi connectivity index (χ2n) is 6.41. The first kappa shape index (κ1) is 15.4. The lowest BCUT2D eigenvalue weighted by atomic mass is 9.96. The Morgan fingerprint density at radius 2 is 1.90 bits per heavy atom. The Bertz CT molecular complexity index is 534. The number of nitrogens with zero attached hydrogens (tertiary/aromatic N) is 3. The Morgan fingerprint density at radius 3 is 2.43 bits per heavy atom. The molecule has 6 heteroatoms. The van der Waals surface area contributed by atoms with Crippen LogP contribution in [0.1, 0.15) is 46.4 Å². The fourth-order valence-electron chi connectivity index (χ4n) is 2.42. The van der Waals surface area contributed by atoms with E-state index in [1.54, 1.807) is 17.3 Å². The molecule has 114 valence electrons. The molecule has 2 amide bonds. The Labute approximate surface area is 125 Å². The van der Waals surface area contributed by atoms with Gasteiger partial charge in [0.25, 0.3) is 0 Å². The lowest BCUT2D eigenvalue weighted by molar-refractivity contribution is -0.134. The van der Waals surface area contributed by atoms with Crippen molar-refractivity contribution in [3.05, 3.63) is 18.2 Å². The maximum Gasteiger partial charge on any atom is 0.247 e. The Balaban J connectivity index is 2.04. The van der Waals surface area contributed by atoms with Gasteiger partial charge in [-0.05, 0) is 12.8 Å². The minimum atomic E-state index is -0.384. The van der Waals surface area contributed by atoms with Gasteiger partial charge in [0.15, 0.2) is 0 Å². The van der Waals surface area contributed by atoms with Gasteiger partial charge in [0.05, 0.1) is 18.1 Å². The molecule has 1 aliphatic heterocycles. The minimum Gasteiger partial charge on any atom is -0.331 e. The summed E-state index contributed by atoms with van der Waals surface area (Å²) in [5.41, 5.74) is 0.433. The van der Waals surface area contributed by atoms with Gasteiger partial charge in [0.2, 0.25) is 11.8 Å². The van der Waals surface area contributed by atoms with Crippen molar-refractivity contribution in [3.63, 3.8) is 0 Å². The Hall–Kier alpha value is -1.98. The van der Waals surface area contributed by atoms with E-state index in [0.29, 0.717) is 18.7 Å². The standard InChI is InChI=1S/C15H22N4O2/c1-10(20)19-7-5-6-12(19)13(21)18-11-8-16-14(17-9-11)15(2,3)4/h8-9,12H,5-7H2,1-4H3,(H,18,21)/t12-/m1/s1. The minimum absolute atomic E-state index is 0.0630. The van der Waals surface area contributed by atoms with Gasteiger partial charge in [0, 0.05) is 18.9 Å². The highest BCUT2D eigenvalue weighted by Gasteiger charge is 2.32. The number of hydrogen-bond donors (Lipinski definition) is 1. The Kier molecular flexibility index (Phi) is 4.25. The van der Waals surface area contributed by atoms with Crippen molar-refractivity contribution < 1.29 is 9.59 Å². The van der Waals surface area contributed by atoms with Gasteiger partial charge in [-0.15, -0.1) is 0 Å². The molecule has 1 aromatic heterocycles. The molecule has 0 aromatic carbocycles. The van der Waals surface area contributed by atoms with Crippen molar-refractivity contribution in [2.45, 2.75) is 52.0 Å². The van der Waals surface area contributed by atoms with E-state index in [1.807, 2.05) is 20.8 Å². The molecule has 1 atom stereocenters. The van der Waals surface area contributed by atoms with Crippen LogP contribution in [0, 0.1) is 0 Å². The van der Waals surface area contributed by atoms with Crippen LogP contribution in [-0.4, -0.2) is 39.3 Å². The third kappa shape index (κ3) is 3.56. The number of carbonyl (C=O) groups is 2. The highest BCUT2D eigenvalue weighted by atomic mass is 16.2. The molecule has 6 nitrogen and oxygen atoms in total. The lowest BCUT2D eigenvalue weighted by Crippen LogP contribution is -2.42. The number of anilines is 1. The quantitative estimate of drug-likeness (QED) is 0.900. The number of amides is 2. The van der Waals surface area contributed by atoms with Gasteiger partial charge in [-0.25, -0.2) is 9.97 Å². The third-order valence-electron chi connectivity index (χ3n) is 3.55. The summed E-state index contributed by atoms with van der Waals surface area (Å²) < 4.78 is 0. The monoisotopic (exact) mass is 290 g/mol. The van der Waals surface area contributed by atoms with Crippen molar-refractivity contribution in [1.29, 1.82) is 0 Å². The van der Waals surface area contributed by atoms with Crippen molar-refractivity contribution in [2.75, 3.05) is 11.9 Å². The zero-order chi connectivity index (χ0) is 15.6. The van der Waals surface area contributed by atoms with Gasteiger partial charge in [-0.2, -0.15) is 0 Å². The van der Waals surface area contributed by atoms with Crippen LogP contribution in [-0.2, 0) is 15.0 Å². The second-order valence-corrected chi connectivity index (χ2v) is 6.41. The van der Waals surface area contributed by atoms with E-state index in [0.717, 1.165) is 12.2 Å². The number of carbonyl (C=O) groups excluding carboxylic acids is 2. The van der Waals surface area contributed by atoms with Crippen LogP contribution in [0.15, 0.2) is 12.4 Å². The molecule has 2 rings (SSSR count). The molecule has 0 bridgehead atoms. The summed E-state index contributed by atoms with van der Waals surface area (Å²) in [6.45, 7) is 8.23. The molecule has 0 aliphatic carbocycles. The van der Waals surface area contributed by atoms with Crippen molar-refractivity contribution in [2.24, 2.45) is 0 Å². The zero-order valence-electron chi connectivity index (χ0n) is 13.0. The van der Waals surface area contributed by atoms with Crippen LogP contribution < -0.4 is 5.32 Å². The predicted molar refractivity (Wildman–Crippen MR) is 79.8 cm³/mol. The van der Waals surface area contributed by atoms with E-state index in [1.165, 1.54) is 6.92 Å². The molecule has 1 saturated heterocycles. The molecule has 0 saturated carbocycles. The molecule has 21 heavy (non-hydrogen) atoms. The SMILES string of the molecule is CC(=O)N1CCC[C@@H]1C(=O)Nc1cnc(C(C)(C)C)nc1. The average molecular weight is 290 g/mol. The van der Waals surface area contributed by atoms with Gasteiger partial charge < -0.3 is 10.2 Å². The number of hydrogen-bond acceptors (Lipinski definition) is 4. The summed E-state index contributed by atoms with van der Waals surface area (Å²) >= 11 is 0. The number of nitrogens with one attached hydrogen (secondary N) is 1. The summed E-state index contributed by atoms with van der Waals surface area (Å²) in [5.74, 6) is 0.494. The van der Waals surface area contributed by atoms with Gasteiger partial charge >= 0.3 is 0 Å². The van der Waals surface area contributed by atoms with E-state index in [4.69, 9.17) is 0 Å². The lowest BCUT2D eigenvalue weighted by Gasteiger charge is -2.22. The molecule has 1 fully saturated rings. The summed E-state index contributed by atoms with van der Waals surface area (Å²) in [7, 11) is 0. The summed E-state index contributed by atoms with van der Waals surface area (Å²) in [6, 6.07) is -0.384. The smallest absolute Gasteiger partial charge is 0.247 e. The van der Waals surface area contributed by atoms with E-state index in [2.05, 4.69) is 15.3 Å². The maximum absolute atomic E-state index is 12.3. The van der Waals surface area contributed by atoms with Crippen molar-refractivity contribution in [1.82, 2.24) is 14.9 Å². The van der Waals surface area contributed by atoms with Gasteiger partial charge in [0.1, 0.15) is 11.9 Å². The van der Waals surface area contributed by atoms with Gasteiger partial charge in [-0.1, -0.05) is 20.8 Å². The van der Waals surface area contributed by atoms with Crippen LogP contribution in [0.2, 0.25) is 0 Å².